The summed E-state index contributed by atoms with van der Waals surface area (Å²) in [6.45, 7) is 0. The first-order valence-corrected chi connectivity index (χ1v) is 9.56. The smallest absolute Gasteiger partial charge is 0.399 e. The lowest BCUT2D eigenvalue weighted by atomic mass is 10.1. The van der Waals surface area contributed by atoms with Gasteiger partial charge in [0.15, 0.2) is 0 Å². The molecule has 0 spiro atoms. The molecule has 0 heterocycles. The van der Waals surface area contributed by atoms with Crippen molar-refractivity contribution in [2.75, 3.05) is 11.5 Å². The second-order valence-electron chi connectivity index (χ2n) is 5.73. The minimum Gasteiger partial charge on any atom is -0.399 e. The van der Waals surface area contributed by atoms with E-state index in [1.807, 2.05) is 60.7 Å². The van der Waals surface area contributed by atoms with Gasteiger partial charge in [-0.3, -0.25) is 0 Å². The van der Waals surface area contributed by atoms with Crippen LogP contribution in [-0.4, -0.2) is 14.7 Å². The molecule has 0 aliphatic rings. The fourth-order valence-electron chi connectivity index (χ4n) is 2.42. The third-order valence-corrected chi connectivity index (χ3v) is 3.55. The van der Waals surface area contributed by atoms with Gasteiger partial charge in [-0.15, -0.1) is 0 Å². The summed E-state index contributed by atoms with van der Waals surface area (Å²) in [4.78, 5) is 21.6. The Morgan fingerprint density at radius 1 is 0.556 bits per heavy atom. The summed E-state index contributed by atoms with van der Waals surface area (Å²) < 4.78 is 8.88. The molecule has 0 saturated carbocycles. The Balaban J connectivity index is 0.000000157. The molecule has 0 aliphatic heterocycles. The average molecular weight is 384 g/mol. The number of nitrogens with two attached hydrogens (primary N) is 2. The number of rotatable bonds is 0. The number of hydrogen-bond acceptors (Lipinski definition) is 3. The average Bonchev–Trinajstić information content (AvgIpc) is 2.60. The maximum atomic E-state index is 8.88. The minimum atomic E-state index is -4.64. The van der Waals surface area contributed by atoms with Crippen LogP contribution in [0.15, 0.2) is 84.9 Å². The number of hydrogen-bond donors (Lipinski definition) is 5. The van der Waals surface area contributed by atoms with Crippen molar-refractivity contribution in [1.29, 1.82) is 0 Å². The molecule has 7 heteroatoms. The molecule has 7 N–H and O–H groups in total. The Morgan fingerprint density at radius 3 is 1.19 bits per heavy atom. The molecular weight excluding hydrogens is 363 g/mol. The van der Waals surface area contributed by atoms with Crippen LogP contribution in [0, 0.1) is 0 Å². The third-order valence-electron chi connectivity index (χ3n) is 3.55. The molecule has 0 bridgehead atoms. The van der Waals surface area contributed by atoms with E-state index in [1.54, 1.807) is 0 Å². The highest BCUT2D eigenvalue weighted by Crippen LogP contribution is 2.25. The Bertz CT molecular complexity index is 994. The Labute approximate surface area is 156 Å². The van der Waals surface area contributed by atoms with Crippen molar-refractivity contribution in [3.05, 3.63) is 84.9 Å². The zero-order valence-electron chi connectivity index (χ0n) is 14.4. The van der Waals surface area contributed by atoms with E-state index >= 15 is 0 Å². The van der Waals surface area contributed by atoms with Gasteiger partial charge in [0.25, 0.3) is 0 Å². The van der Waals surface area contributed by atoms with E-state index in [1.165, 1.54) is 21.5 Å². The number of fused-ring (bicyclic) bond motifs is 2. The topological polar surface area (TPSA) is 130 Å². The third kappa shape index (κ3) is 7.48. The fraction of sp³-hybridized carbons (Fsp3) is 0. The van der Waals surface area contributed by atoms with Gasteiger partial charge in [-0.05, 0) is 45.8 Å². The van der Waals surface area contributed by atoms with Crippen LogP contribution < -0.4 is 11.5 Å². The van der Waals surface area contributed by atoms with Crippen molar-refractivity contribution in [3.8, 4) is 0 Å². The van der Waals surface area contributed by atoms with Gasteiger partial charge in [0, 0.05) is 11.4 Å². The summed E-state index contributed by atoms with van der Waals surface area (Å²) in [5, 5.41) is 4.88. The molecule has 0 aliphatic carbocycles. The molecule has 4 aromatic rings. The number of anilines is 2. The maximum absolute atomic E-state index is 8.88. The zero-order valence-corrected chi connectivity index (χ0v) is 15.3. The lowest BCUT2D eigenvalue weighted by Crippen LogP contribution is -1.82. The van der Waals surface area contributed by atoms with E-state index in [0.717, 1.165) is 11.4 Å². The van der Waals surface area contributed by atoms with E-state index in [9.17, 15) is 0 Å². The van der Waals surface area contributed by atoms with Gasteiger partial charge in [0.05, 0.1) is 0 Å². The Hall–Kier alpha value is -2.89. The number of benzene rings is 4. The van der Waals surface area contributed by atoms with Gasteiger partial charge < -0.3 is 26.1 Å². The van der Waals surface area contributed by atoms with Crippen LogP contribution in [0.2, 0.25) is 0 Å². The summed E-state index contributed by atoms with van der Waals surface area (Å²) in [6.07, 6.45) is 0. The summed E-state index contributed by atoms with van der Waals surface area (Å²) in [5.41, 5.74) is 12.9. The molecule has 140 valence electrons. The zero-order chi connectivity index (χ0) is 19.9. The van der Waals surface area contributed by atoms with Gasteiger partial charge in [-0.25, -0.2) is 4.57 Å². The second-order valence-corrected chi connectivity index (χ2v) is 6.75. The standard InChI is InChI=1S/2C10H9N.H3O4P/c2*11-10-6-5-8-3-1-2-4-9(8)7-10;1-5(2,3)4/h2*1-7H,11H2;(H3,1,2,3,4). The molecule has 27 heavy (non-hydrogen) atoms. The van der Waals surface area contributed by atoms with Crippen molar-refractivity contribution in [3.63, 3.8) is 0 Å². The van der Waals surface area contributed by atoms with E-state index in [0.29, 0.717) is 0 Å². The quantitative estimate of drug-likeness (QED) is 0.231. The molecule has 0 fully saturated rings. The highest BCUT2D eigenvalue weighted by atomic mass is 31.2. The van der Waals surface area contributed by atoms with Crippen molar-refractivity contribution < 1.29 is 19.2 Å². The largest absolute Gasteiger partial charge is 0.466 e. The summed E-state index contributed by atoms with van der Waals surface area (Å²) in [5.74, 6) is 0. The fourth-order valence-corrected chi connectivity index (χ4v) is 2.42. The molecule has 6 nitrogen and oxygen atoms in total. The van der Waals surface area contributed by atoms with Crippen LogP contribution in [0.5, 0.6) is 0 Å². The lowest BCUT2D eigenvalue weighted by molar-refractivity contribution is 0.275. The van der Waals surface area contributed by atoms with Crippen molar-refractivity contribution >= 4 is 40.7 Å². The van der Waals surface area contributed by atoms with Crippen molar-refractivity contribution in [2.24, 2.45) is 0 Å². The minimum absolute atomic E-state index is 0.823. The summed E-state index contributed by atoms with van der Waals surface area (Å²) >= 11 is 0. The predicted octanol–water partition coefficient (Wildman–Crippen LogP) is 3.92. The second kappa shape index (κ2) is 9.16. The highest BCUT2D eigenvalue weighted by molar-refractivity contribution is 7.45. The normalized spacial score (nSPS) is 10.5. The van der Waals surface area contributed by atoms with E-state index < -0.39 is 7.82 Å². The van der Waals surface area contributed by atoms with E-state index in [2.05, 4.69) is 24.3 Å². The molecule has 0 aromatic heterocycles. The molecule has 0 unspecified atom stereocenters. The van der Waals surface area contributed by atoms with Crippen LogP contribution in [-0.2, 0) is 4.57 Å². The van der Waals surface area contributed by atoms with Gasteiger partial charge in [0.1, 0.15) is 0 Å². The number of phosphoric acid groups is 1. The molecule has 0 atom stereocenters. The van der Waals surface area contributed by atoms with Crippen LogP contribution in [0.1, 0.15) is 0 Å². The first-order valence-electron chi connectivity index (χ1n) is 7.99. The molecular formula is C20H21N2O4P. The lowest BCUT2D eigenvalue weighted by Gasteiger charge is -1.96. The monoisotopic (exact) mass is 384 g/mol. The predicted molar refractivity (Wildman–Crippen MR) is 111 cm³/mol. The van der Waals surface area contributed by atoms with Crippen LogP contribution in [0.3, 0.4) is 0 Å². The molecule has 4 aromatic carbocycles. The summed E-state index contributed by atoms with van der Waals surface area (Å²) in [6, 6.07) is 28.2. The van der Waals surface area contributed by atoms with Crippen molar-refractivity contribution in [1.82, 2.24) is 0 Å². The summed E-state index contributed by atoms with van der Waals surface area (Å²) in [7, 11) is -4.64. The Morgan fingerprint density at radius 2 is 0.852 bits per heavy atom. The molecule has 0 radical (unpaired) electrons. The highest BCUT2D eigenvalue weighted by Gasteiger charge is 2.00. The van der Waals surface area contributed by atoms with Crippen molar-refractivity contribution in [2.45, 2.75) is 0 Å². The van der Waals surface area contributed by atoms with Gasteiger partial charge >= 0.3 is 7.82 Å². The maximum Gasteiger partial charge on any atom is 0.466 e. The van der Waals surface area contributed by atoms with Gasteiger partial charge in [0.2, 0.25) is 0 Å². The van der Waals surface area contributed by atoms with Gasteiger partial charge in [-0.1, -0.05) is 60.7 Å². The molecule has 4 rings (SSSR count). The first-order chi connectivity index (χ1) is 12.7. The van der Waals surface area contributed by atoms with Crippen LogP contribution in [0.4, 0.5) is 11.4 Å². The molecule has 0 saturated heterocycles. The van der Waals surface area contributed by atoms with Gasteiger partial charge in [-0.2, -0.15) is 0 Å². The van der Waals surface area contributed by atoms with E-state index in [-0.39, 0.29) is 0 Å². The van der Waals surface area contributed by atoms with Crippen LogP contribution >= 0.6 is 7.82 Å². The Kier molecular flexibility index (Phi) is 6.93. The SMILES string of the molecule is Nc1ccc2ccccc2c1.Nc1ccc2ccccc2c1.O=P(O)(O)O. The van der Waals surface area contributed by atoms with E-state index in [4.69, 9.17) is 30.7 Å². The van der Waals surface area contributed by atoms with Crippen LogP contribution in [0.25, 0.3) is 21.5 Å². The number of nitrogen functional groups attached to an aromatic ring is 2. The first kappa shape index (κ1) is 20.4. The molecule has 0 amide bonds.